The largest absolute Gasteiger partial charge is 0.463 e. The fraction of sp³-hybridized carbons (Fsp3) is 0.588. The fourth-order valence-electron chi connectivity index (χ4n) is 2.84. The number of hydrogen-bond donors (Lipinski definition) is 1. The number of rotatable bonds is 3. The molecule has 2 heterocycles. The number of cyclic esters (lactones) is 1. The molecule has 1 N–H and O–H groups in total. The molecule has 0 bridgehead atoms. The molecule has 3 unspecified atom stereocenters. The Bertz CT molecular complexity index is 720. The van der Waals surface area contributed by atoms with Gasteiger partial charge in [-0.2, -0.15) is 0 Å². The molecule has 0 aromatic heterocycles. The SMILES string of the molecule is CC(C)(C)C1(Cl)OC(=O)N(c2cc(OC3CCCO3)c(Cl)cc2F)C1O. The quantitative estimate of drug-likeness (QED) is 0.758. The Labute approximate surface area is 160 Å². The minimum Gasteiger partial charge on any atom is -0.463 e. The van der Waals surface area contributed by atoms with Crippen LogP contribution in [0, 0.1) is 11.2 Å². The molecule has 2 aliphatic rings. The van der Waals surface area contributed by atoms with Crippen molar-refractivity contribution in [3.8, 4) is 5.75 Å². The summed E-state index contributed by atoms with van der Waals surface area (Å²) in [6.07, 6.45) is -1.56. The number of amides is 1. The number of aliphatic hydroxyl groups excluding tert-OH is 1. The minimum atomic E-state index is -1.74. The molecular weight excluding hydrogens is 388 g/mol. The van der Waals surface area contributed by atoms with Gasteiger partial charge < -0.3 is 19.3 Å². The van der Waals surface area contributed by atoms with Crippen LogP contribution in [0.15, 0.2) is 12.1 Å². The fourth-order valence-corrected chi connectivity index (χ4v) is 3.20. The second-order valence-electron chi connectivity index (χ2n) is 7.30. The molecule has 0 aliphatic carbocycles. The molecule has 1 amide bonds. The van der Waals surface area contributed by atoms with Crippen molar-refractivity contribution >= 4 is 35.0 Å². The van der Waals surface area contributed by atoms with Crippen molar-refractivity contribution in [3.05, 3.63) is 23.0 Å². The van der Waals surface area contributed by atoms with Crippen molar-refractivity contribution in [2.24, 2.45) is 5.41 Å². The molecule has 2 aliphatic heterocycles. The van der Waals surface area contributed by atoms with E-state index in [4.69, 9.17) is 37.4 Å². The van der Waals surface area contributed by atoms with Crippen LogP contribution in [0.3, 0.4) is 0 Å². The lowest BCUT2D eigenvalue weighted by Gasteiger charge is -2.36. The molecule has 1 aromatic carbocycles. The summed E-state index contributed by atoms with van der Waals surface area (Å²) in [5, 5.41) is 8.90. The van der Waals surface area contributed by atoms with Crippen LogP contribution in [0.4, 0.5) is 14.9 Å². The molecule has 2 saturated heterocycles. The Morgan fingerprint density at radius 2 is 2.12 bits per heavy atom. The molecule has 3 atom stereocenters. The Balaban J connectivity index is 1.96. The lowest BCUT2D eigenvalue weighted by atomic mass is 9.87. The summed E-state index contributed by atoms with van der Waals surface area (Å²) in [5.74, 6) is -0.682. The van der Waals surface area contributed by atoms with E-state index in [0.717, 1.165) is 17.4 Å². The molecule has 144 valence electrons. The van der Waals surface area contributed by atoms with E-state index in [1.165, 1.54) is 6.07 Å². The van der Waals surface area contributed by atoms with Crippen molar-refractivity contribution in [3.63, 3.8) is 0 Å². The van der Waals surface area contributed by atoms with Crippen LogP contribution in [-0.2, 0) is 9.47 Å². The summed E-state index contributed by atoms with van der Waals surface area (Å²) >= 11 is 12.4. The molecule has 1 aromatic rings. The summed E-state index contributed by atoms with van der Waals surface area (Å²) in [6.45, 7) is 5.66. The summed E-state index contributed by atoms with van der Waals surface area (Å²) < 4.78 is 30.7. The Hall–Kier alpha value is -1.28. The number of aliphatic hydroxyl groups is 1. The molecular formula is C17H20Cl2FNO5. The van der Waals surface area contributed by atoms with E-state index in [1.54, 1.807) is 20.8 Å². The number of hydrogen-bond acceptors (Lipinski definition) is 5. The molecule has 6 nitrogen and oxygen atoms in total. The lowest BCUT2D eigenvalue weighted by molar-refractivity contribution is -0.0412. The van der Waals surface area contributed by atoms with Crippen molar-refractivity contribution in [2.45, 2.75) is 51.2 Å². The smallest absolute Gasteiger partial charge is 0.418 e. The molecule has 26 heavy (non-hydrogen) atoms. The molecule has 2 fully saturated rings. The van der Waals surface area contributed by atoms with Gasteiger partial charge in [0.1, 0.15) is 11.6 Å². The van der Waals surface area contributed by atoms with Gasteiger partial charge in [-0.05, 0) is 12.5 Å². The topological polar surface area (TPSA) is 68.2 Å². The second kappa shape index (κ2) is 6.71. The molecule has 9 heteroatoms. The molecule has 0 saturated carbocycles. The third kappa shape index (κ3) is 3.22. The van der Waals surface area contributed by atoms with Crippen molar-refractivity contribution < 1.29 is 28.5 Å². The maximum atomic E-state index is 14.5. The standard InChI is InChI=1S/C17H20Cl2FNO5/c1-16(2,3)17(19)14(22)21(15(23)26-17)11-8-12(9(18)7-10(11)20)25-13-5-4-6-24-13/h7-8,13-14,22H,4-6H2,1-3H3. The molecule has 3 rings (SSSR count). The van der Waals surface area contributed by atoms with Gasteiger partial charge in [-0.3, -0.25) is 0 Å². The average Bonchev–Trinajstić information content (AvgIpc) is 3.10. The maximum absolute atomic E-state index is 14.5. The molecule has 0 spiro atoms. The van der Waals surface area contributed by atoms with Crippen LogP contribution in [-0.4, -0.2) is 35.4 Å². The first-order chi connectivity index (χ1) is 12.0. The van der Waals surface area contributed by atoms with E-state index in [2.05, 4.69) is 0 Å². The number of nitrogens with zero attached hydrogens (tertiary/aromatic N) is 1. The predicted molar refractivity (Wildman–Crippen MR) is 94.0 cm³/mol. The number of alkyl halides is 1. The minimum absolute atomic E-state index is 0.0248. The van der Waals surface area contributed by atoms with Gasteiger partial charge in [0.25, 0.3) is 0 Å². The van der Waals surface area contributed by atoms with E-state index in [1.807, 2.05) is 0 Å². The summed E-state index contributed by atoms with van der Waals surface area (Å²) in [6, 6.07) is 2.24. The summed E-state index contributed by atoms with van der Waals surface area (Å²) in [4.78, 5) is 13.1. The van der Waals surface area contributed by atoms with Gasteiger partial charge in [-0.15, -0.1) is 0 Å². The first-order valence-corrected chi connectivity index (χ1v) is 8.96. The number of carbonyl (C=O) groups excluding carboxylic acids is 1. The third-order valence-electron chi connectivity index (χ3n) is 4.44. The summed E-state index contributed by atoms with van der Waals surface area (Å²) in [5.41, 5.74) is -1.05. The van der Waals surface area contributed by atoms with Crippen LogP contribution in [0.1, 0.15) is 33.6 Å². The van der Waals surface area contributed by atoms with Gasteiger partial charge in [-0.1, -0.05) is 44.0 Å². The van der Waals surface area contributed by atoms with Gasteiger partial charge in [0.05, 0.1) is 17.3 Å². The van der Waals surface area contributed by atoms with Crippen molar-refractivity contribution in [1.82, 2.24) is 0 Å². The highest BCUT2D eigenvalue weighted by atomic mass is 35.5. The zero-order chi connectivity index (χ0) is 19.3. The number of ether oxygens (including phenoxy) is 3. The lowest BCUT2D eigenvalue weighted by Crippen LogP contribution is -2.50. The van der Waals surface area contributed by atoms with Crippen LogP contribution in [0.2, 0.25) is 5.02 Å². The normalized spacial score (nSPS) is 29.2. The monoisotopic (exact) mass is 407 g/mol. The van der Waals surface area contributed by atoms with E-state index in [0.29, 0.717) is 13.0 Å². The Kier molecular flexibility index (Phi) is 5.03. The average molecular weight is 408 g/mol. The van der Waals surface area contributed by atoms with Gasteiger partial charge in [0.2, 0.25) is 5.06 Å². The first-order valence-electron chi connectivity index (χ1n) is 8.21. The Morgan fingerprint density at radius 1 is 1.42 bits per heavy atom. The Morgan fingerprint density at radius 3 is 2.65 bits per heavy atom. The predicted octanol–water partition coefficient (Wildman–Crippen LogP) is 4.25. The van der Waals surface area contributed by atoms with Gasteiger partial charge in [0.15, 0.2) is 12.5 Å². The van der Waals surface area contributed by atoms with Crippen LogP contribution in [0.5, 0.6) is 5.75 Å². The van der Waals surface area contributed by atoms with E-state index < -0.39 is 34.9 Å². The number of halogens is 3. The number of anilines is 1. The van der Waals surface area contributed by atoms with Crippen molar-refractivity contribution in [1.29, 1.82) is 0 Å². The van der Waals surface area contributed by atoms with Gasteiger partial charge in [-0.25, -0.2) is 14.1 Å². The maximum Gasteiger partial charge on any atom is 0.418 e. The van der Waals surface area contributed by atoms with E-state index >= 15 is 0 Å². The summed E-state index contributed by atoms with van der Waals surface area (Å²) in [7, 11) is 0. The second-order valence-corrected chi connectivity index (χ2v) is 8.27. The van der Waals surface area contributed by atoms with Crippen LogP contribution >= 0.6 is 23.2 Å². The van der Waals surface area contributed by atoms with Crippen LogP contribution < -0.4 is 9.64 Å². The highest BCUT2D eigenvalue weighted by Crippen LogP contribution is 2.48. The van der Waals surface area contributed by atoms with E-state index in [-0.39, 0.29) is 16.5 Å². The van der Waals surface area contributed by atoms with Crippen LogP contribution in [0.25, 0.3) is 0 Å². The molecule has 0 radical (unpaired) electrons. The first kappa shape index (κ1) is 19.5. The zero-order valence-electron chi connectivity index (χ0n) is 14.6. The number of carbonyl (C=O) groups is 1. The van der Waals surface area contributed by atoms with E-state index in [9.17, 15) is 14.3 Å². The van der Waals surface area contributed by atoms with Gasteiger partial charge >= 0.3 is 6.09 Å². The van der Waals surface area contributed by atoms with Gasteiger partial charge in [0, 0.05) is 17.9 Å². The highest BCUT2D eigenvalue weighted by Gasteiger charge is 2.60. The third-order valence-corrected chi connectivity index (χ3v) is 5.57. The van der Waals surface area contributed by atoms with Crippen molar-refractivity contribution in [2.75, 3.05) is 11.5 Å². The number of benzene rings is 1. The highest BCUT2D eigenvalue weighted by molar-refractivity contribution is 6.32. The zero-order valence-corrected chi connectivity index (χ0v) is 16.1.